The molecule has 34 heavy (non-hydrogen) atoms. The quantitative estimate of drug-likeness (QED) is 0.269. The summed E-state index contributed by atoms with van der Waals surface area (Å²) in [4.78, 5) is 12.4. The molecule has 0 aliphatic rings. The van der Waals surface area contributed by atoms with Crippen molar-refractivity contribution < 1.29 is 27.1 Å². The van der Waals surface area contributed by atoms with Crippen LogP contribution < -0.4 is 10.1 Å². The van der Waals surface area contributed by atoms with Crippen LogP contribution >= 0.6 is 23.2 Å². The van der Waals surface area contributed by atoms with E-state index in [-0.39, 0.29) is 24.3 Å². The first kappa shape index (κ1) is 23.6. The molecule has 0 atom stereocenters. The van der Waals surface area contributed by atoms with Gasteiger partial charge >= 0.3 is 0 Å². The van der Waals surface area contributed by atoms with E-state index in [0.717, 1.165) is 4.68 Å². The van der Waals surface area contributed by atoms with E-state index in [0.29, 0.717) is 15.8 Å². The Hall–Kier alpha value is -3.57. The molecule has 176 valence electrons. The smallest absolute Gasteiger partial charge is 0.277 e. The van der Waals surface area contributed by atoms with Crippen LogP contribution in [0.2, 0.25) is 10.0 Å². The van der Waals surface area contributed by atoms with Gasteiger partial charge in [-0.3, -0.25) is 9.48 Å². The number of aromatic nitrogens is 4. The third-order valence-electron chi connectivity index (χ3n) is 4.52. The summed E-state index contributed by atoms with van der Waals surface area (Å²) in [6.45, 7) is -0.633. The molecule has 0 unspecified atom stereocenters. The molecule has 13 heteroatoms. The number of nitrogens with one attached hydrogen (secondary N) is 1. The van der Waals surface area contributed by atoms with Crippen molar-refractivity contribution in [3.05, 3.63) is 93.4 Å². The Kier molecular flexibility index (Phi) is 6.75. The lowest BCUT2D eigenvalue weighted by Crippen LogP contribution is -2.15. The van der Waals surface area contributed by atoms with Gasteiger partial charge in [0, 0.05) is 29.5 Å². The molecule has 7 nitrogen and oxygen atoms in total. The predicted molar refractivity (Wildman–Crippen MR) is 115 cm³/mol. The fraction of sp³-hybridized carbons (Fsp3) is 0.0952. The minimum Gasteiger partial charge on any atom is -0.470 e. The molecule has 1 amide bonds. The largest absolute Gasteiger partial charge is 0.470 e. The normalized spacial score (nSPS) is 11.0. The van der Waals surface area contributed by atoms with Crippen LogP contribution in [-0.2, 0) is 13.3 Å². The van der Waals surface area contributed by atoms with E-state index < -0.39 is 41.3 Å². The van der Waals surface area contributed by atoms with Crippen LogP contribution in [0.5, 0.6) is 5.75 Å². The maximum absolute atomic E-state index is 13.9. The number of amides is 1. The first-order valence-electron chi connectivity index (χ1n) is 9.49. The lowest BCUT2D eigenvalue weighted by Gasteiger charge is -2.08. The molecule has 0 aliphatic heterocycles. The number of anilines is 1. The molecule has 0 spiro atoms. The molecule has 0 saturated heterocycles. The van der Waals surface area contributed by atoms with Crippen LogP contribution in [0.4, 0.5) is 23.4 Å². The van der Waals surface area contributed by atoms with E-state index in [9.17, 15) is 22.4 Å². The third kappa shape index (κ3) is 5.15. The molecule has 2 aromatic heterocycles. The number of nitrogens with zero attached hydrogens (tertiary/aromatic N) is 4. The van der Waals surface area contributed by atoms with Crippen LogP contribution in [0, 0.1) is 23.3 Å². The molecule has 2 heterocycles. The van der Waals surface area contributed by atoms with E-state index in [4.69, 9.17) is 27.9 Å². The molecule has 0 aliphatic carbocycles. The van der Waals surface area contributed by atoms with Crippen molar-refractivity contribution in [2.24, 2.45) is 0 Å². The molecule has 0 bridgehead atoms. The van der Waals surface area contributed by atoms with Gasteiger partial charge in [-0.2, -0.15) is 10.2 Å². The van der Waals surface area contributed by atoms with Gasteiger partial charge in [0.1, 0.15) is 5.75 Å². The van der Waals surface area contributed by atoms with E-state index in [1.54, 1.807) is 12.1 Å². The summed E-state index contributed by atoms with van der Waals surface area (Å²) in [5.74, 6) is -6.30. The summed E-state index contributed by atoms with van der Waals surface area (Å²) < 4.78 is 62.4. The first-order valence-corrected chi connectivity index (χ1v) is 10.2. The van der Waals surface area contributed by atoms with Gasteiger partial charge in [0.2, 0.25) is 0 Å². The second kappa shape index (κ2) is 9.74. The lowest BCUT2D eigenvalue weighted by molar-refractivity contribution is 0.101. The van der Waals surface area contributed by atoms with Crippen molar-refractivity contribution in [3.8, 4) is 5.75 Å². The Balaban J connectivity index is 1.39. The van der Waals surface area contributed by atoms with Gasteiger partial charge in [0.25, 0.3) is 5.91 Å². The topological polar surface area (TPSA) is 74.0 Å². The van der Waals surface area contributed by atoms with E-state index in [2.05, 4.69) is 15.5 Å². The minimum atomic E-state index is -1.52. The third-order valence-corrected chi connectivity index (χ3v) is 5.06. The van der Waals surface area contributed by atoms with E-state index in [1.807, 2.05) is 0 Å². The second-order valence-corrected chi connectivity index (χ2v) is 7.73. The fourth-order valence-corrected chi connectivity index (χ4v) is 3.37. The summed E-state index contributed by atoms with van der Waals surface area (Å²) in [6.07, 6.45) is 2.78. The van der Waals surface area contributed by atoms with Crippen LogP contribution in [0.25, 0.3) is 0 Å². The minimum absolute atomic E-state index is 0.0291. The van der Waals surface area contributed by atoms with Gasteiger partial charge in [-0.15, -0.1) is 0 Å². The van der Waals surface area contributed by atoms with Crippen molar-refractivity contribution in [3.63, 3.8) is 0 Å². The summed E-state index contributed by atoms with van der Waals surface area (Å²) in [7, 11) is 0. The van der Waals surface area contributed by atoms with Gasteiger partial charge in [-0.1, -0.05) is 23.2 Å². The standard InChI is InChI=1S/C21H13Cl2F4N5O2/c22-11-1-2-17(13(23)7-11)34-10-32-5-3-16(29-32)21(33)28-18-4-6-31(30-18)9-12-19(26)14(24)8-15(25)20(12)27/h1-8H,9-10H2,(H,28,30,33). The molecule has 4 rings (SSSR count). The van der Waals surface area contributed by atoms with E-state index in [1.165, 1.54) is 35.3 Å². The lowest BCUT2D eigenvalue weighted by atomic mass is 10.2. The molecule has 0 saturated carbocycles. The van der Waals surface area contributed by atoms with Crippen molar-refractivity contribution >= 4 is 34.9 Å². The highest BCUT2D eigenvalue weighted by atomic mass is 35.5. The number of ether oxygens (including phenoxy) is 1. The van der Waals surface area contributed by atoms with Crippen molar-refractivity contribution in [1.82, 2.24) is 19.6 Å². The Morgan fingerprint density at radius 1 is 0.941 bits per heavy atom. The van der Waals surface area contributed by atoms with Gasteiger partial charge in [-0.05, 0) is 24.3 Å². The highest BCUT2D eigenvalue weighted by molar-refractivity contribution is 6.35. The zero-order valence-corrected chi connectivity index (χ0v) is 18.4. The van der Waals surface area contributed by atoms with Gasteiger partial charge in [0.05, 0.1) is 17.1 Å². The average Bonchev–Trinajstić information content (AvgIpc) is 3.44. The molecule has 4 aromatic rings. The molecule has 1 N–H and O–H groups in total. The number of hydrogen-bond donors (Lipinski definition) is 1. The average molecular weight is 514 g/mol. The van der Waals surface area contributed by atoms with E-state index >= 15 is 0 Å². The van der Waals surface area contributed by atoms with Crippen LogP contribution in [-0.4, -0.2) is 25.5 Å². The summed E-state index contributed by atoms with van der Waals surface area (Å²) in [5.41, 5.74) is -0.803. The monoisotopic (exact) mass is 513 g/mol. The van der Waals surface area contributed by atoms with Gasteiger partial charge in [0.15, 0.2) is 41.5 Å². The Morgan fingerprint density at radius 2 is 1.65 bits per heavy atom. The molecular formula is C21H13Cl2F4N5O2. The SMILES string of the molecule is O=C(Nc1ccn(Cc2c(F)c(F)cc(F)c2F)n1)c1ccn(COc2ccc(Cl)cc2Cl)n1. The molecular weight excluding hydrogens is 501 g/mol. The number of carbonyl (C=O) groups is 1. The van der Waals surface area contributed by atoms with Crippen molar-refractivity contribution in [2.75, 3.05) is 5.32 Å². The summed E-state index contributed by atoms with van der Waals surface area (Å²) in [5, 5.41) is 11.2. The first-order chi connectivity index (χ1) is 16.2. The van der Waals surface area contributed by atoms with Crippen LogP contribution in [0.3, 0.4) is 0 Å². The molecule has 0 radical (unpaired) electrons. The highest BCUT2D eigenvalue weighted by Crippen LogP contribution is 2.27. The van der Waals surface area contributed by atoms with Gasteiger partial charge < -0.3 is 10.1 Å². The predicted octanol–water partition coefficient (Wildman–Crippen LogP) is 5.28. The molecule has 0 fully saturated rings. The fourth-order valence-electron chi connectivity index (χ4n) is 2.90. The Morgan fingerprint density at radius 3 is 2.35 bits per heavy atom. The maximum Gasteiger partial charge on any atom is 0.277 e. The highest BCUT2D eigenvalue weighted by Gasteiger charge is 2.20. The Bertz CT molecular complexity index is 1350. The number of carbonyl (C=O) groups excluding carboxylic acids is 1. The zero-order valence-electron chi connectivity index (χ0n) is 16.9. The summed E-state index contributed by atoms with van der Waals surface area (Å²) >= 11 is 11.9. The Labute approximate surface area is 199 Å². The second-order valence-electron chi connectivity index (χ2n) is 6.89. The van der Waals surface area contributed by atoms with Crippen molar-refractivity contribution in [1.29, 1.82) is 0 Å². The van der Waals surface area contributed by atoms with Crippen LogP contribution in [0.1, 0.15) is 16.1 Å². The zero-order chi connectivity index (χ0) is 24.4. The van der Waals surface area contributed by atoms with Gasteiger partial charge in [-0.25, -0.2) is 22.2 Å². The summed E-state index contributed by atoms with van der Waals surface area (Å²) in [6, 6.07) is 7.61. The number of halogens is 6. The number of rotatable bonds is 7. The molecule has 2 aromatic carbocycles. The number of benzene rings is 2. The maximum atomic E-state index is 13.9. The number of hydrogen-bond acceptors (Lipinski definition) is 4. The van der Waals surface area contributed by atoms with Crippen LogP contribution in [0.15, 0.2) is 48.8 Å². The van der Waals surface area contributed by atoms with Crippen molar-refractivity contribution in [2.45, 2.75) is 13.3 Å².